The number of carboxylic acids is 1. The first-order chi connectivity index (χ1) is 8.70. The molecule has 0 aliphatic heterocycles. The molecule has 1 N–H and O–H groups in total. The van der Waals surface area contributed by atoms with Crippen LogP contribution < -0.4 is 4.74 Å². The van der Waals surface area contributed by atoms with E-state index in [1.165, 1.54) is 12.8 Å². The van der Waals surface area contributed by atoms with Gasteiger partial charge in [-0.15, -0.1) is 0 Å². The van der Waals surface area contributed by atoms with E-state index < -0.39 is 5.97 Å². The van der Waals surface area contributed by atoms with E-state index in [1.807, 2.05) is 24.3 Å². The Morgan fingerprint density at radius 1 is 1.33 bits per heavy atom. The third-order valence-electron chi connectivity index (χ3n) is 3.91. The van der Waals surface area contributed by atoms with Crippen molar-refractivity contribution in [2.75, 3.05) is 7.11 Å². The Morgan fingerprint density at radius 3 is 2.44 bits per heavy atom. The molecule has 0 saturated heterocycles. The molecule has 18 heavy (non-hydrogen) atoms. The largest absolute Gasteiger partial charge is 0.497 e. The highest BCUT2D eigenvalue weighted by Crippen LogP contribution is 2.39. The number of methoxy groups -OCH3 is 1. The van der Waals surface area contributed by atoms with Crippen LogP contribution in [0.25, 0.3) is 0 Å². The Morgan fingerprint density at radius 2 is 1.94 bits per heavy atom. The van der Waals surface area contributed by atoms with Crippen molar-refractivity contribution < 1.29 is 14.6 Å². The number of carboxylic acid groups (broad SMARTS) is 1. The summed E-state index contributed by atoms with van der Waals surface area (Å²) in [5.41, 5.74) is 1.13. The Balaban J connectivity index is 2.17. The minimum atomic E-state index is -0.706. The molecule has 1 aromatic carbocycles. The summed E-state index contributed by atoms with van der Waals surface area (Å²) in [7, 11) is 1.64. The van der Waals surface area contributed by atoms with E-state index in [0.29, 0.717) is 5.92 Å². The zero-order chi connectivity index (χ0) is 13.0. The van der Waals surface area contributed by atoms with Crippen molar-refractivity contribution in [2.24, 2.45) is 5.92 Å². The smallest absolute Gasteiger partial charge is 0.303 e. The predicted molar refractivity (Wildman–Crippen MR) is 69.9 cm³/mol. The van der Waals surface area contributed by atoms with E-state index >= 15 is 0 Å². The lowest BCUT2D eigenvalue weighted by Crippen LogP contribution is -2.14. The first-order valence-corrected chi connectivity index (χ1v) is 6.56. The quantitative estimate of drug-likeness (QED) is 0.868. The zero-order valence-electron chi connectivity index (χ0n) is 10.8. The summed E-state index contributed by atoms with van der Waals surface area (Å²) in [5.74, 6) is 0.785. The van der Waals surface area contributed by atoms with Crippen molar-refractivity contribution in [1.82, 2.24) is 0 Å². The molecule has 3 heteroatoms. The lowest BCUT2D eigenvalue weighted by atomic mass is 9.82. The molecule has 1 aliphatic carbocycles. The predicted octanol–water partition coefficient (Wildman–Crippen LogP) is 3.44. The van der Waals surface area contributed by atoms with E-state index in [1.54, 1.807) is 7.11 Å². The molecule has 1 aliphatic rings. The molecule has 0 bridgehead atoms. The molecular formula is C15H20O3. The highest BCUT2D eigenvalue weighted by Gasteiger charge is 2.28. The minimum absolute atomic E-state index is 0.149. The summed E-state index contributed by atoms with van der Waals surface area (Å²) >= 11 is 0. The molecule has 1 aromatic rings. The van der Waals surface area contributed by atoms with Gasteiger partial charge >= 0.3 is 5.97 Å². The Hall–Kier alpha value is -1.51. The zero-order valence-corrected chi connectivity index (χ0v) is 10.8. The van der Waals surface area contributed by atoms with Crippen LogP contribution in [0.4, 0.5) is 0 Å². The van der Waals surface area contributed by atoms with Crippen LogP contribution in [-0.4, -0.2) is 18.2 Å². The van der Waals surface area contributed by atoms with Crippen LogP contribution in [0.1, 0.15) is 43.6 Å². The third kappa shape index (κ3) is 3.03. The van der Waals surface area contributed by atoms with Crippen LogP contribution in [0.3, 0.4) is 0 Å². The fourth-order valence-electron chi connectivity index (χ4n) is 2.96. The lowest BCUT2D eigenvalue weighted by molar-refractivity contribution is -0.137. The van der Waals surface area contributed by atoms with E-state index in [4.69, 9.17) is 9.84 Å². The molecule has 1 unspecified atom stereocenters. The maximum Gasteiger partial charge on any atom is 0.303 e. The van der Waals surface area contributed by atoms with E-state index in [2.05, 4.69) is 0 Å². The number of aliphatic carboxylic acids is 1. The van der Waals surface area contributed by atoms with Crippen molar-refractivity contribution in [1.29, 1.82) is 0 Å². The topological polar surface area (TPSA) is 46.5 Å². The van der Waals surface area contributed by atoms with Crippen LogP contribution in [0.2, 0.25) is 0 Å². The number of rotatable bonds is 5. The average Bonchev–Trinajstić information content (AvgIpc) is 2.89. The first kappa shape index (κ1) is 12.9. The SMILES string of the molecule is COc1ccc(C(CC(=O)O)C2CCCC2)cc1. The van der Waals surface area contributed by atoms with Gasteiger partial charge in [0, 0.05) is 0 Å². The number of carbonyl (C=O) groups is 1. The molecule has 0 heterocycles. The molecule has 0 radical (unpaired) electrons. The van der Waals surface area contributed by atoms with Crippen molar-refractivity contribution in [3.63, 3.8) is 0 Å². The molecule has 1 fully saturated rings. The number of hydrogen-bond acceptors (Lipinski definition) is 2. The van der Waals surface area contributed by atoms with Gasteiger partial charge in [0.15, 0.2) is 0 Å². The van der Waals surface area contributed by atoms with Gasteiger partial charge < -0.3 is 9.84 Å². The molecule has 0 amide bonds. The van der Waals surface area contributed by atoms with Crippen molar-refractivity contribution in [2.45, 2.75) is 38.0 Å². The summed E-state index contributed by atoms with van der Waals surface area (Å²) in [4.78, 5) is 11.0. The van der Waals surface area contributed by atoms with Gasteiger partial charge in [-0.25, -0.2) is 0 Å². The van der Waals surface area contributed by atoms with Crippen molar-refractivity contribution >= 4 is 5.97 Å². The lowest BCUT2D eigenvalue weighted by Gasteiger charge is -2.22. The molecule has 0 spiro atoms. The number of hydrogen-bond donors (Lipinski definition) is 1. The monoisotopic (exact) mass is 248 g/mol. The maximum atomic E-state index is 11.0. The van der Waals surface area contributed by atoms with Gasteiger partial charge in [0.2, 0.25) is 0 Å². The Bertz CT molecular complexity index is 391. The average molecular weight is 248 g/mol. The van der Waals surface area contributed by atoms with Crippen LogP contribution >= 0.6 is 0 Å². The molecule has 0 aromatic heterocycles. The van der Waals surface area contributed by atoms with Gasteiger partial charge in [0.05, 0.1) is 13.5 Å². The molecule has 3 nitrogen and oxygen atoms in total. The molecule has 1 atom stereocenters. The summed E-state index contributed by atoms with van der Waals surface area (Å²) in [5, 5.41) is 9.08. The van der Waals surface area contributed by atoms with E-state index in [9.17, 15) is 4.79 Å². The highest BCUT2D eigenvalue weighted by molar-refractivity contribution is 5.68. The summed E-state index contributed by atoms with van der Waals surface area (Å²) in [6.45, 7) is 0. The third-order valence-corrected chi connectivity index (χ3v) is 3.91. The number of ether oxygens (including phenoxy) is 1. The van der Waals surface area contributed by atoms with Crippen LogP contribution in [0, 0.1) is 5.92 Å². The fraction of sp³-hybridized carbons (Fsp3) is 0.533. The molecule has 98 valence electrons. The standard InChI is InChI=1S/C15H20O3/c1-18-13-8-6-12(7-9-13)14(10-15(16)17)11-4-2-3-5-11/h6-9,11,14H,2-5,10H2,1H3,(H,16,17). The fourth-order valence-corrected chi connectivity index (χ4v) is 2.96. The van der Waals surface area contributed by atoms with Crippen molar-refractivity contribution in [3.05, 3.63) is 29.8 Å². The maximum absolute atomic E-state index is 11.0. The minimum Gasteiger partial charge on any atom is -0.497 e. The van der Waals surface area contributed by atoms with Gasteiger partial charge in [0.1, 0.15) is 5.75 Å². The second-order valence-electron chi connectivity index (χ2n) is 5.02. The Kier molecular flexibility index (Phi) is 4.24. The summed E-state index contributed by atoms with van der Waals surface area (Å²) in [6.07, 6.45) is 5.01. The normalized spacial score (nSPS) is 17.6. The van der Waals surface area contributed by atoms with Gasteiger partial charge in [-0.3, -0.25) is 4.79 Å². The molecular weight excluding hydrogens is 228 g/mol. The van der Waals surface area contributed by atoms with E-state index in [0.717, 1.165) is 24.2 Å². The van der Waals surface area contributed by atoms with E-state index in [-0.39, 0.29) is 12.3 Å². The van der Waals surface area contributed by atoms with Crippen LogP contribution in [0.5, 0.6) is 5.75 Å². The second-order valence-corrected chi connectivity index (χ2v) is 5.02. The van der Waals surface area contributed by atoms with Crippen molar-refractivity contribution in [3.8, 4) is 5.75 Å². The molecule has 2 rings (SSSR count). The highest BCUT2D eigenvalue weighted by atomic mass is 16.5. The van der Waals surface area contributed by atoms with Gasteiger partial charge in [-0.2, -0.15) is 0 Å². The summed E-state index contributed by atoms with van der Waals surface area (Å²) in [6, 6.07) is 7.84. The molecule has 1 saturated carbocycles. The van der Waals surface area contributed by atoms with Crippen LogP contribution in [-0.2, 0) is 4.79 Å². The summed E-state index contributed by atoms with van der Waals surface area (Å²) < 4.78 is 5.14. The van der Waals surface area contributed by atoms with Gasteiger partial charge in [-0.1, -0.05) is 25.0 Å². The van der Waals surface area contributed by atoms with Gasteiger partial charge in [-0.05, 0) is 42.4 Å². The second kappa shape index (κ2) is 5.89. The first-order valence-electron chi connectivity index (χ1n) is 6.56. The number of benzene rings is 1. The van der Waals surface area contributed by atoms with Gasteiger partial charge in [0.25, 0.3) is 0 Å². The van der Waals surface area contributed by atoms with Crippen LogP contribution in [0.15, 0.2) is 24.3 Å². The Labute approximate surface area is 108 Å².